The summed E-state index contributed by atoms with van der Waals surface area (Å²) in [6, 6.07) is 1.22. The topological polar surface area (TPSA) is 51.1 Å². The van der Waals surface area contributed by atoms with Gasteiger partial charge >= 0.3 is 6.18 Å². The van der Waals surface area contributed by atoms with Gasteiger partial charge in [0.15, 0.2) is 0 Å². The molecule has 1 N–H and O–H groups in total. The first-order chi connectivity index (χ1) is 9.86. The second-order valence-corrected chi connectivity index (χ2v) is 5.30. The Hall–Kier alpha value is -1.79. The van der Waals surface area contributed by atoms with Gasteiger partial charge in [-0.1, -0.05) is 19.3 Å². The lowest BCUT2D eigenvalue weighted by Crippen LogP contribution is -2.38. The Morgan fingerprint density at radius 3 is 2.52 bits per heavy atom. The van der Waals surface area contributed by atoms with Crippen LogP contribution in [0.15, 0.2) is 18.5 Å². The summed E-state index contributed by atoms with van der Waals surface area (Å²) in [4.78, 5) is 22.9. The molecule has 1 aromatic rings. The fourth-order valence-electron chi connectivity index (χ4n) is 2.52. The van der Waals surface area contributed by atoms with Crippen molar-refractivity contribution in [1.29, 1.82) is 0 Å². The van der Waals surface area contributed by atoms with E-state index in [1.54, 1.807) is 0 Å². The van der Waals surface area contributed by atoms with Gasteiger partial charge in [-0.15, -0.1) is 0 Å². The van der Waals surface area contributed by atoms with Gasteiger partial charge in [0.05, 0.1) is 0 Å². The van der Waals surface area contributed by atoms with Crippen molar-refractivity contribution >= 4 is 11.7 Å². The van der Waals surface area contributed by atoms with Gasteiger partial charge < -0.3 is 9.88 Å². The minimum Gasteiger partial charge on any atom is -0.352 e. The molecule has 1 aliphatic carbocycles. The van der Waals surface area contributed by atoms with E-state index in [9.17, 15) is 22.8 Å². The first-order valence-corrected chi connectivity index (χ1v) is 6.93. The second kappa shape index (κ2) is 6.32. The van der Waals surface area contributed by atoms with E-state index in [4.69, 9.17) is 0 Å². The van der Waals surface area contributed by atoms with Crippen LogP contribution in [0.2, 0.25) is 0 Å². The highest BCUT2D eigenvalue weighted by Crippen LogP contribution is 2.21. The van der Waals surface area contributed by atoms with Gasteiger partial charge in [-0.3, -0.25) is 9.59 Å². The van der Waals surface area contributed by atoms with Crippen molar-refractivity contribution in [3.63, 3.8) is 0 Å². The van der Waals surface area contributed by atoms with Crippen LogP contribution < -0.4 is 5.32 Å². The van der Waals surface area contributed by atoms with Crippen molar-refractivity contribution < 1.29 is 22.8 Å². The van der Waals surface area contributed by atoms with E-state index in [1.165, 1.54) is 17.2 Å². The van der Waals surface area contributed by atoms with Crippen LogP contribution >= 0.6 is 0 Å². The molecule has 1 fully saturated rings. The fourth-order valence-corrected chi connectivity index (χ4v) is 2.52. The maximum atomic E-state index is 12.3. The van der Waals surface area contributed by atoms with Crippen molar-refractivity contribution in [3.8, 4) is 0 Å². The number of aromatic nitrogens is 1. The molecule has 2 rings (SSSR count). The Bertz CT molecular complexity index is 517. The normalized spacial score (nSPS) is 16.7. The molecule has 0 atom stereocenters. The number of hydrogen-bond donors (Lipinski definition) is 1. The molecule has 0 radical (unpaired) electrons. The Morgan fingerprint density at radius 1 is 1.24 bits per heavy atom. The number of ketones is 1. The first-order valence-electron chi connectivity index (χ1n) is 6.93. The van der Waals surface area contributed by atoms with Gasteiger partial charge in [0, 0.05) is 24.0 Å². The number of rotatable bonds is 4. The lowest BCUT2D eigenvalue weighted by atomic mass is 9.95. The lowest BCUT2D eigenvalue weighted by molar-refractivity contribution is -0.122. The zero-order chi connectivity index (χ0) is 15.5. The summed E-state index contributed by atoms with van der Waals surface area (Å²) in [5.41, 5.74) is -0.451. The Morgan fingerprint density at radius 2 is 1.90 bits per heavy atom. The van der Waals surface area contributed by atoms with Crippen molar-refractivity contribution in [2.45, 2.75) is 50.9 Å². The molecular weight excluding hydrogens is 285 g/mol. The molecule has 116 valence electrons. The average Bonchev–Trinajstić information content (AvgIpc) is 2.86. The highest BCUT2D eigenvalue weighted by molar-refractivity contribution is 6.00. The maximum Gasteiger partial charge on any atom is 0.454 e. The number of carbonyl (C=O) groups is 2. The summed E-state index contributed by atoms with van der Waals surface area (Å²) in [6.45, 7) is -0.0817. The maximum absolute atomic E-state index is 12.3. The van der Waals surface area contributed by atoms with Crippen LogP contribution in [0.1, 0.15) is 42.5 Å². The summed E-state index contributed by atoms with van der Waals surface area (Å²) in [6.07, 6.45) is 2.68. The minimum atomic E-state index is -4.89. The van der Waals surface area contributed by atoms with Crippen molar-refractivity contribution in [2.24, 2.45) is 0 Å². The van der Waals surface area contributed by atoms with Crippen LogP contribution in [-0.4, -0.2) is 28.5 Å². The number of alkyl halides is 3. The third-order valence-corrected chi connectivity index (χ3v) is 3.57. The van der Waals surface area contributed by atoms with E-state index in [0.717, 1.165) is 37.9 Å². The monoisotopic (exact) mass is 302 g/mol. The number of hydrogen-bond acceptors (Lipinski definition) is 2. The van der Waals surface area contributed by atoms with Gasteiger partial charge in [0.25, 0.3) is 5.78 Å². The molecule has 0 aromatic carbocycles. The number of Topliss-reactive ketones (excluding diaryl/α,β-unsaturated/α-hetero) is 1. The van der Waals surface area contributed by atoms with Gasteiger partial charge in [-0.2, -0.15) is 13.2 Å². The van der Waals surface area contributed by atoms with Gasteiger partial charge in [-0.05, 0) is 18.9 Å². The number of amides is 1. The summed E-state index contributed by atoms with van der Waals surface area (Å²) in [7, 11) is 0. The minimum absolute atomic E-state index is 0.0817. The highest BCUT2D eigenvalue weighted by Gasteiger charge is 2.39. The van der Waals surface area contributed by atoms with E-state index < -0.39 is 17.5 Å². The van der Waals surface area contributed by atoms with E-state index in [-0.39, 0.29) is 18.5 Å². The molecule has 0 saturated heterocycles. The SMILES string of the molecule is O=C(Cn1ccc(C(=O)C(F)(F)F)c1)NC1CCCCC1. The molecule has 21 heavy (non-hydrogen) atoms. The van der Waals surface area contributed by atoms with E-state index in [2.05, 4.69) is 5.32 Å². The third kappa shape index (κ3) is 4.34. The number of nitrogens with one attached hydrogen (secondary N) is 1. The van der Waals surface area contributed by atoms with Crippen molar-refractivity contribution in [2.75, 3.05) is 0 Å². The predicted octanol–water partition coefficient (Wildman–Crippen LogP) is 2.68. The average molecular weight is 302 g/mol. The van der Waals surface area contributed by atoms with Crippen LogP contribution in [0.5, 0.6) is 0 Å². The Kier molecular flexibility index (Phi) is 4.69. The molecule has 1 aromatic heterocycles. The van der Waals surface area contributed by atoms with Crippen LogP contribution in [0, 0.1) is 0 Å². The third-order valence-electron chi connectivity index (χ3n) is 3.57. The molecule has 1 aliphatic rings. The molecule has 0 aliphatic heterocycles. The number of carbonyl (C=O) groups excluding carboxylic acids is 2. The molecule has 0 unspecified atom stereocenters. The molecule has 7 heteroatoms. The largest absolute Gasteiger partial charge is 0.454 e. The van der Waals surface area contributed by atoms with Crippen LogP contribution in [0.4, 0.5) is 13.2 Å². The Balaban J connectivity index is 1.90. The van der Waals surface area contributed by atoms with E-state index in [1.807, 2.05) is 0 Å². The summed E-state index contributed by atoms with van der Waals surface area (Å²) >= 11 is 0. The molecule has 4 nitrogen and oxygen atoms in total. The molecule has 1 amide bonds. The van der Waals surface area contributed by atoms with E-state index >= 15 is 0 Å². The fraction of sp³-hybridized carbons (Fsp3) is 0.571. The zero-order valence-electron chi connectivity index (χ0n) is 11.4. The first kappa shape index (κ1) is 15.6. The molecule has 0 bridgehead atoms. The second-order valence-electron chi connectivity index (χ2n) is 5.30. The summed E-state index contributed by atoms with van der Waals surface area (Å²) < 4.78 is 38.1. The standard InChI is InChI=1S/C14H17F3N2O2/c15-14(16,17)13(21)10-6-7-19(8-10)9-12(20)18-11-4-2-1-3-5-11/h6-8,11H,1-5,9H2,(H,18,20). The van der Waals surface area contributed by atoms with Crippen molar-refractivity contribution in [3.05, 3.63) is 24.0 Å². The lowest BCUT2D eigenvalue weighted by Gasteiger charge is -2.22. The smallest absolute Gasteiger partial charge is 0.352 e. The zero-order valence-corrected chi connectivity index (χ0v) is 11.4. The van der Waals surface area contributed by atoms with E-state index in [0.29, 0.717) is 0 Å². The Labute approximate surface area is 120 Å². The van der Waals surface area contributed by atoms with Crippen molar-refractivity contribution in [1.82, 2.24) is 9.88 Å². The van der Waals surface area contributed by atoms with Gasteiger partial charge in [0.1, 0.15) is 6.54 Å². The molecular formula is C14H17F3N2O2. The number of halogens is 3. The van der Waals surface area contributed by atoms with Crippen LogP contribution in [-0.2, 0) is 11.3 Å². The summed E-state index contributed by atoms with van der Waals surface area (Å²) in [5, 5.41) is 2.87. The summed E-state index contributed by atoms with van der Waals surface area (Å²) in [5.74, 6) is -2.14. The van der Waals surface area contributed by atoms with Gasteiger partial charge in [-0.25, -0.2) is 0 Å². The van der Waals surface area contributed by atoms with Gasteiger partial charge in [0.2, 0.25) is 5.91 Å². The molecule has 1 heterocycles. The predicted molar refractivity (Wildman–Crippen MR) is 69.8 cm³/mol. The quantitative estimate of drug-likeness (QED) is 0.869. The highest BCUT2D eigenvalue weighted by atomic mass is 19.4. The molecule has 1 saturated carbocycles. The van der Waals surface area contributed by atoms with Crippen LogP contribution in [0.3, 0.4) is 0 Å². The number of nitrogens with zero attached hydrogens (tertiary/aromatic N) is 1. The van der Waals surface area contributed by atoms with Crippen LogP contribution in [0.25, 0.3) is 0 Å². The molecule has 0 spiro atoms.